The van der Waals surface area contributed by atoms with Gasteiger partial charge in [0.2, 0.25) is 0 Å². The number of carbonyl (C=O) groups is 1. The maximum atomic E-state index is 13.2. The SMILES string of the molecule is O=C(NCCCCOc1c(Cl)cc(OCC=C(Cl)Cl)cc1Cl)c1ccc(C(F)(F)F)cc1C(F)(F)F. The van der Waals surface area contributed by atoms with E-state index in [2.05, 4.69) is 5.32 Å². The van der Waals surface area contributed by atoms with E-state index in [4.69, 9.17) is 55.9 Å². The van der Waals surface area contributed by atoms with Gasteiger partial charge >= 0.3 is 12.4 Å². The summed E-state index contributed by atoms with van der Waals surface area (Å²) in [6.45, 7) is 0.136. The molecule has 0 radical (unpaired) electrons. The molecule has 0 fully saturated rings. The van der Waals surface area contributed by atoms with Crippen molar-refractivity contribution in [1.29, 1.82) is 0 Å². The summed E-state index contributed by atoms with van der Waals surface area (Å²) in [7, 11) is 0. The topological polar surface area (TPSA) is 47.6 Å². The highest BCUT2D eigenvalue weighted by Crippen LogP contribution is 2.38. The van der Waals surface area contributed by atoms with Crippen molar-refractivity contribution in [2.24, 2.45) is 0 Å². The van der Waals surface area contributed by atoms with Gasteiger partial charge in [0, 0.05) is 18.7 Å². The van der Waals surface area contributed by atoms with Gasteiger partial charge in [-0.1, -0.05) is 46.4 Å². The summed E-state index contributed by atoms with van der Waals surface area (Å²) in [4.78, 5) is 12.2. The van der Waals surface area contributed by atoms with Crippen molar-refractivity contribution >= 4 is 52.3 Å². The molecule has 0 atom stereocenters. The summed E-state index contributed by atoms with van der Waals surface area (Å²) in [6.07, 6.45) is -8.08. The molecule has 2 rings (SSSR count). The Morgan fingerprint density at radius 2 is 1.56 bits per heavy atom. The molecule has 4 nitrogen and oxygen atoms in total. The van der Waals surface area contributed by atoms with Crippen molar-refractivity contribution in [2.75, 3.05) is 19.8 Å². The molecule has 0 spiro atoms. The Balaban J connectivity index is 1.88. The highest BCUT2D eigenvalue weighted by Gasteiger charge is 2.39. The minimum absolute atomic E-state index is 0.0310. The fourth-order valence-electron chi connectivity index (χ4n) is 2.81. The zero-order chi connectivity index (χ0) is 27.1. The number of hydrogen-bond donors (Lipinski definition) is 1. The first-order valence-electron chi connectivity index (χ1n) is 10.0. The van der Waals surface area contributed by atoms with Gasteiger partial charge in [-0.15, -0.1) is 0 Å². The fraction of sp³-hybridized carbons (Fsp3) is 0.318. The average Bonchev–Trinajstić information content (AvgIpc) is 2.75. The molecule has 0 aliphatic heterocycles. The Morgan fingerprint density at radius 1 is 0.917 bits per heavy atom. The van der Waals surface area contributed by atoms with Crippen LogP contribution in [0.3, 0.4) is 0 Å². The number of halogens is 10. The molecule has 0 heterocycles. The Labute approximate surface area is 222 Å². The van der Waals surface area contributed by atoms with Gasteiger partial charge in [-0.05, 0) is 37.1 Å². The number of carbonyl (C=O) groups excluding carboxylic acids is 1. The summed E-state index contributed by atoms with van der Waals surface area (Å²) >= 11 is 23.3. The Morgan fingerprint density at radius 3 is 2.11 bits per heavy atom. The molecule has 0 unspecified atom stereocenters. The molecule has 0 aliphatic carbocycles. The van der Waals surface area contributed by atoms with Crippen LogP contribution in [0.25, 0.3) is 0 Å². The van der Waals surface area contributed by atoms with Crippen molar-refractivity contribution in [3.05, 3.63) is 67.6 Å². The number of amides is 1. The summed E-state index contributed by atoms with van der Waals surface area (Å²) < 4.78 is 88.8. The molecule has 2 aromatic rings. The van der Waals surface area contributed by atoms with Crippen molar-refractivity contribution in [2.45, 2.75) is 25.2 Å². The average molecular weight is 599 g/mol. The van der Waals surface area contributed by atoms with Crippen molar-refractivity contribution in [3.63, 3.8) is 0 Å². The fourth-order valence-corrected chi connectivity index (χ4v) is 3.51. The molecule has 0 saturated carbocycles. The number of ether oxygens (including phenoxy) is 2. The summed E-state index contributed by atoms with van der Waals surface area (Å²) in [5.74, 6) is -0.628. The van der Waals surface area contributed by atoms with Crippen LogP contribution in [-0.2, 0) is 12.4 Å². The van der Waals surface area contributed by atoms with Gasteiger partial charge < -0.3 is 14.8 Å². The molecule has 36 heavy (non-hydrogen) atoms. The van der Waals surface area contributed by atoms with E-state index >= 15 is 0 Å². The Kier molecular flexibility index (Phi) is 10.9. The predicted molar refractivity (Wildman–Crippen MR) is 125 cm³/mol. The lowest BCUT2D eigenvalue weighted by molar-refractivity contribution is -0.143. The standard InChI is InChI=1S/C22H17Cl4F6NO3/c23-16-10-13(35-8-5-18(25)26)11-17(24)19(16)36-7-2-1-6-33-20(34)14-4-3-12(21(27,28)29)9-15(14)22(30,31)32/h3-5,9-11H,1-2,6-8H2,(H,33,34). The van der Waals surface area contributed by atoms with Crippen LogP contribution in [0.15, 0.2) is 40.9 Å². The maximum Gasteiger partial charge on any atom is 0.417 e. The third-order valence-electron chi connectivity index (χ3n) is 4.46. The van der Waals surface area contributed by atoms with E-state index < -0.39 is 35.0 Å². The van der Waals surface area contributed by atoms with Crippen molar-refractivity contribution in [3.8, 4) is 11.5 Å². The molecule has 0 aliphatic rings. The zero-order valence-electron chi connectivity index (χ0n) is 18.0. The lowest BCUT2D eigenvalue weighted by Gasteiger charge is -2.16. The van der Waals surface area contributed by atoms with Crippen molar-refractivity contribution in [1.82, 2.24) is 5.32 Å². The first-order valence-corrected chi connectivity index (χ1v) is 11.5. The largest absolute Gasteiger partial charge is 0.490 e. The molecular formula is C22H17Cl4F6NO3. The van der Waals surface area contributed by atoms with Crippen LogP contribution < -0.4 is 14.8 Å². The zero-order valence-corrected chi connectivity index (χ0v) is 21.0. The Bertz CT molecular complexity index is 1080. The minimum atomic E-state index is -5.14. The van der Waals surface area contributed by atoms with Gasteiger partial charge in [0.15, 0.2) is 5.75 Å². The second-order valence-corrected chi connectivity index (χ2v) is 8.91. The van der Waals surface area contributed by atoms with Gasteiger partial charge in [0.05, 0.1) is 33.3 Å². The second kappa shape index (κ2) is 13.0. The van der Waals surface area contributed by atoms with Crippen LogP contribution in [-0.4, -0.2) is 25.7 Å². The molecule has 0 bridgehead atoms. The van der Waals surface area contributed by atoms with E-state index in [1.807, 2.05) is 0 Å². The maximum absolute atomic E-state index is 13.2. The van der Waals surface area contributed by atoms with Gasteiger partial charge in [0.25, 0.3) is 5.91 Å². The normalized spacial score (nSPS) is 11.7. The van der Waals surface area contributed by atoms with Crippen LogP contribution in [0.2, 0.25) is 10.0 Å². The summed E-state index contributed by atoms with van der Waals surface area (Å²) in [6, 6.07) is 3.76. The van der Waals surface area contributed by atoms with Crippen molar-refractivity contribution < 1.29 is 40.6 Å². The predicted octanol–water partition coefficient (Wildman–Crippen LogP) is 8.32. The highest BCUT2D eigenvalue weighted by molar-refractivity contribution is 6.55. The van der Waals surface area contributed by atoms with Crippen LogP contribution in [0, 0.1) is 0 Å². The lowest BCUT2D eigenvalue weighted by atomic mass is 10.0. The Hall–Kier alpha value is -2.01. The smallest absolute Gasteiger partial charge is 0.417 e. The third kappa shape index (κ3) is 9.14. The third-order valence-corrected chi connectivity index (χ3v) is 5.33. The summed E-state index contributed by atoms with van der Waals surface area (Å²) in [5, 5.41) is 2.58. The number of rotatable bonds is 10. The molecule has 2 aromatic carbocycles. The molecule has 14 heteroatoms. The first-order chi connectivity index (χ1) is 16.7. The van der Waals surface area contributed by atoms with E-state index in [1.54, 1.807) is 0 Å². The van der Waals surface area contributed by atoms with E-state index in [9.17, 15) is 31.1 Å². The van der Waals surface area contributed by atoms with E-state index in [-0.39, 0.29) is 52.5 Å². The number of alkyl halides is 6. The monoisotopic (exact) mass is 597 g/mol. The first kappa shape index (κ1) is 30.2. The molecule has 1 amide bonds. The quantitative estimate of drug-likeness (QED) is 0.221. The number of nitrogens with one attached hydrogen (secondary N) is 1. The number of hydrogen-bond acceptors (Lipinski definition) is 3. The number of benzene rings is 2. The van der Waals surface area contributed by atoms with Crippen LogP contribution in [0.4, 0.5) is 26.3 Å². The van der Waals surface area contributed by atoms with Crippen LogP contribution >= 0.6 is 46.4 Å². The number of unbranched alkanes of at least 4 members (excludes halogenated alkanes) is 1. The summed E-state index contributed by atoms with van der Waals surface area (Å²) in [5.41, 5.74) is -4.08. The van der Waals surface area contributed by atoms with Gasteiger partial charge in [-0.25, -0.2) is 0 Å². The van der Waals surface area contributed by atoms with E-state index in [0.29, 0.717) is 24.3 Å². The molecule has 0 saturated heterocycles. The van der Waals surface area contributed by atoms with E-state index in [0.717, 1.165) is 0 Å². The van der Waals surface area contributed by atoms with Gasteiger partial charge in [0.1, 0.15) is 16.8 Å². The molecule has 0 aromatic heterocycles. The minimum Gasteiger partial charge on any atom is -0.490 e. The van der Waals surface area contributed by atoms with Gasteiger partial charge in [-0.2, -0.15) is 26.3 Å². The second-order valence-electron chi connectivity index (χ2n) is 7.09. The molecule has 198 valence electrons. The highest BCUT2D eigenvalue weighted by atomic mass is 35.5. The van der Waals surface area contributed by atoms with Gasteiger partial charge in [-0.3, -0.25) is 4.79 Å². The molecular weight excluding hydrogens is 582 g/mol. The molecule has 1 N–H and O–H groups in total. The van der Waals surface area contributed by atoms with Crippen LogP contribution in [0.1, 0.15) is 34.3 Å². The van der Waals surface area contributed by atoms with Crippen LogP contribution in [0.5, 0.6) is 11.5 Å². The lowest BCUT2D eigenvalue weighted by Crippen LogP contribution is -2.28. The van der Waals surface area contributed by atoms with E-state index in [1.165, 1.54) is 18.2 Å².